The molecule has 36 heavy (non-hydrogen) atoms. The molecular formula is C28H25FN4O3. The van der Waals surface area contributed by atoms with Crippen LogP contribution >= 0.6 is 0 Å². The molecule has 182 valence electrons. The molecule has 0 radical (unpaired) electrons. The van der Waals surface area contributed by atoms with Crippen LogP contribution < -0.4 is 20.1 Å². The fourth-order valence-electron chi connectivity index (χ4n) is 4.16. The number of fused-ring (bicyclic) bond motifs is 1. The van der Waals surface area contributed by atoms with Gasteiger partial charge in [-0.3, -0.25) is 4.79 Å². The number of rotatable bonds is 7. The van der Waals surface area contributed by atoms with Gasteiger partial charge in [-0.05, 0) is 55.5 Å². The molecule has 3 aromatic carbocycles. The number of amides is 1. The molecule has 8 heteroatoms. The van der Waals surface area contributed by atoms with Crippen molar-refractivity contribution in [3.8, 4) is 11.5 Å². The molecule has 0 spiro atoms. The maximum atomic E-state index is 14.9. The molecule has 2 heterocycles. The number of halogens is 1. The Kier molecular flexibility index (Phi) is 6.40. The number of aromatic nitrogens is 2. The molecular weight excluding hydrogens is 459 g/mol. The monoisotopic (exact) mass is 484 g/mol. The molecule has 0 aliphatic carbocycles. The molecule has 1 aliphatic rings. The molecule has 0 saturated carbocycles. The van der Waals surface area contributed by atoms with Crippen LogP contribution in [0.4, 0.5) is 15.9 Å². The number of nitrogens with zero attached hydrogens (tertiary/aromatic N) is 2. The smallest absolute Gasteiger partial charge is 0.261 e. The van der Waals surface area contributed by atoms with Crippen molar-refractivity contribution in [3.05, 3.63) is 108 Å². The van der Waals surface area contributed by atoms with Crippen molar-refractivity contribution in [3.63, 3.8) is 0 Å². The van der Waals surface area contributed by atoms with Crippen LogP contribution in [0.3, 0.4) is 0 Å². The van der Waals surface area contributed by atoms with Crippen molar-refractivity contribution >= 4 is 23.1 Å². The number of benzene rings is 3. The number of ether oxygens (including phenoxy) is 2. The lowest BCUT2D eigenvalue weighted by molar-refractivity contribution is 0.102. The Hall–Kier alpha value is -4.59. The summed E-state index contributed by atoms with van der Waals surface area (Å²) >= 11 is 0. The quantitative estimate of drug-likeness (QED) is 0.350. The van der Waals surface area contributed by atoms with Crippen LogP contribution in [0.15, 0.2) is 85.1 Å². The number of carbonyl (C=O) groups excluding carboxylic acids is 1. The van der Waals surface area contributed by atoms with Gasteiger partial charge in [0, 0.05) is 22.5 Å². The van der Waals surface area contributed by atoms with E-state index in [0.717, 1.165) is 11.3 Å². The molecule has 1 amide bonds. The number of nitrogens with one attached hydrogen (secondary N) is 2. The standard InChI is InChI=1S/C28H25FN4O3/c1-3-36-20-13-11-19(12-14-20)31-28(34)23-17-30-33-26(22-9-4-5-10-24(22)29)16-25(32-27(23)33)18-7-6-8-21(15-18)35-2/h4-17,26,32H,3H2,1-2H3,(H,31,34)/t26-/m0/s1. The van der Waals surface area contributed by atoms with Crippen molar-refractivity contribution in [1.82, 2.24) is 9.78 Å². The summed E-state index contributed by atoms with van der Waals surface area (Å²) in [6.07, 6.45) is 3.38. The highest BCUT2D eigenvalue weighted by Gasteiger charge is 2.29. The van der Waals surface area contributed by atoms with E-state index < -0.39 is 6.04 Å². The Morgan fingerprint density at radius 2 is 1.89 bits per heavy atom. The fourth-order valence-corrected chi connectivity index (χ4v) is 4.16. The minimum atomic E-state index is -0.560. The number of anilines is 2. The van der Waals surface area contributed by atoms with Gasteiger partial charge in [0.05, 0.1) is 19.9 Å². The molecule has 1 atom stereocenters. The van der Waals surface area contributed by atoms with Gasteiger partial charge in [0.2, 0.25) is 0 Å². The first-order valence-electron chi connectivity index (χ1n) is 11.6. The van der Waals surface area contributed by atoms with Gasteiger partial charge in [-0.1, -0.05) is 30.3 Å². The highest BCUT2D eigenvalue weighted by atomic mass is 19.1. The molecule has 5 rings (SSSR count). The van der Waals surface area contributed by atoms with Gasteiger partial charge in [0.1, 0.15) is 34.7 Å². The van der Waals surface area contributed by atoms with E-state index in [-0.39, 0.29) is 11.7 Å². The van der Waals surface area contributed by atoms with E-state index in [1.165, 1.54) is 12.3 Å². The molecule has 7 nitrogen and oxygen atoms in total. The number of hydrogen-bond acceptors (Lipinski definition) is 5. The van der Waals surface area contributed by atoms with Gasteiger partial charge in [0.15, 0.2) is 0 Å². The van der Waals surface area contributed by atoms with E-state index in [4.69, 9.17) is 9.47 Å². The minimum Gasteiger partial charge on any atom is -0.497 e. The second-order valence-corrected chi connectivity index (χ2v) is 8.17. The maximum Gasteiger partial charge on any atom is 0.261 e. The Labute approximate surface area is 208 Å². The molecule has 2 N–H and O–H groups in total. The Bertz CT molecular complexity index is 1430. The largest absolute Gasteiger partial charge is 0.497 e. The minimum absolute atomic E-state index is 0.332. The third-order valence-corrected chi connectivity index (χ3v) is 5.91. The number of methoxy groups -OCH3 is 1. The van der Waals surface area contributed by atoms with E-state index in [1.54, 1.807) is 54.3 Å². The van der Waals surface area contributed by atoms with Crippen LogP contribution in [-0.4, -0.2) is 29.4 Å². The lowest BCUT2D eigenvalue weighted by Crippen LogP contribution is -2.22. The normalized spacial score (nSPS) is 14.3. The molecule has 4 aromatic rings. The molecule has 0 fully saturated rings. The first-order chi connectivity index (χ1) is 17.6. The zero-order chi connectivity index (χ0) is 25.1. The summed E-state index contributed by atoms with van der Waals surface area (Å²) in [4.78, 5) is 13.3. The summed E-state index contributed by atoms with van der Waals surface area (Å²) < 4.78 is 27.3. The average Bonchev–Trinajstić information content (AvgIpc) is 3.34. The van der Waals surface area contributed by atoms with Crippen LogP contribution in [0, 0.1) is 5.82 Å². The van der Waals surface area contributed by atoms with Crippen molar-refractivity contribution in [1.29, 1.82) is 0 Å². The Morgan fingerprint density at radius 1 is 1.08 bits per heavy atom. The van der Waals surface area contributed by atoms with E-state index >= 15 is 0 Å². The first-order valence-corrected chi connectivity index (χ1v) is 11.6. The Balaban J connectivity index is 1.52. The lowest BCUT2D eigenvalue weighted by Gasteiger charge is -2.26. The molecule has 1 aliphatic heterocycles. The second kappa shape index (κ2) is 9.95. The molecule has 0 unspecified atom stereocenters. The number of carbonyl (C=O) groups is 1. The third-order valence-electron chi connectivity index (χ3n) is 5.91. The highest BCUT2D eigenvalue weighted by Crippen LogP contribution is 2.37. The lowest BCUT2D eigenvalue weighted by atomic mass is 10.0. The van der Waals surface area contributed by atoms with Crippen molar-refractivity contribution in [2.75, 3.05) is 24.4 Å². The average molecular weight is 485 g/mol. The topological polar surface area (TPSA) is 77.4 Å². The van der Waals surface area contributed by atoms with Crippen molar-refractivity contribution in [2.45, 2.75) is 13.0 Å². The van der Waals surface area contributed by atoms with E-state index in [1.807, 2.05) is 37.3 Å². The van der Waals surface area contributed by atoms with Gasteiger partial charge in [-0.15, -0.1) is 0 Å². The van der Waals surface area contributed by atoms with E-state index in [9.17, 15) is 9.18 Å². The predicted molar refractivity (Wildman–Crippen MR) is 137 cm³/mol. The zero-order valence-electron chi connectivity index (χ0n) is 19.9. The predicted octanol–water partition coefficient (Wildman–Crippen LogP) is 5.74. The third kappa shape index (κ3) is 4.53. The summed E-state index contributed by atoms with van der Waals surface area (Å²) in [5, 5.41) is 10.7. The van der Waals surface area contributed by atoms with Crippen LogP contribution in [0.5, 0.6) is 11.5 Å². The summed E-state index contributed by atoms with van der Waals surface area (Å²) in [6.45, 7) is 2.47. The zero-order valence-corrected chi connectivity index (χ0v) is 19.9. The highest BCUT2D eigenvalue weighted by molar-refractivity contribution is 6.08. The SMILES string of the molecule is CCOc1ccc(NC(=O)c2cnn3c2NC(c2cccc(OC)c2)=C[C@H]3c2ccccc2F)cc1. The van der Waals surface area contributed by atoms with Crippen molar-refractivity contribution < 1.29 is 18.7 Å². The van der Waals surface area contributed by atoms with Gasteiger partial charge in [0.25, 0.3) is 5.91 Å². The summed E-state index contributed by atoms with van der Waals surface area (Å²) in [5.74, 6) is 1.18. The second-order valence-electron chi connectivity index (χ2n) is 8.17. The number of hydrogen-bond donors (Lipinski definition) is 2. The maximum absolute atomic E-state index is 14.9. The molecule has 0 saturated heterocycles. The van der Waals surface area contributed by atoms with Gasteiger partial charge in [-0.2, -0.15) is 5.10 Å². The van der Waals surface area contributed by atoms with Crippen molar-refractivity contribution in [2.24, 2.45) is 0 Å². The first kappa shape index (κ1) is 23.2. The number of allylic oxidation sites excluding steroid dienone is 1. The van der Waals surface area contributed by atoms with Gasteiger partial charge in [-0.25, -0.2) is 9.07 Å². The summed E-state index contributed by atoms with van der Waals surface area (Å²) in [6, 6.07) is 20.7. The molecule has 1 aromatic heterocycles. The molecule has 0 bridgehead atoms. The van der Waals surface area contributed by atoms with Crippen LogP contribution in [0.2, 0.25) is 0 Å². The van der Waals surface area contributed by atoms with Crippen LogP contribution in [0.25, 0.3) is 5.70 Å². The van der Waals surface area contributed by atoms with E-state index in [2.05, 4.69) is 15.7 Å². The van der Waals surface area contributed by atoms with Crippen LogP contribution in [-0.2, 0) is 0 Å². The van der Waals surface area contributed by atoms with Crippen LogP contribution in [0.1, 0.15) is 34.5 Å². The van der Waals surface area contributed by atoms with Gasteiger partial charge >= 0.3 is 0 Å². The Morgan fingerprint density at radius 3 is 2.64 bits per heavy atom. The summed E-state index contributed by atoms with van der Waals surface area (Å²) in [7, 11) is 1.60. The fraction of sp³-hybridized carbons (Fsp3) is 0.143. The van der Waals surface area contributed by atoms with E-state index in [0.29, 0.717) is 40.7 Å². The summed E-state index contributed by atoms with van der Waals surface area (Å²) in [5.41, 5.74) is 2.95. The van der Waals surface area contributed by atoms with Gasteiger partial charge < -0.3 is 20.1 Å².